The van der Waals surface area contributed by atoms with E-state index in [1.54, 1.807) is 0 Å². The number of nitrogens with one attached hydrogen (secondary N) is 2. The van der Waals surface area contributed by atoms with Crippen molar-refractivity contribution in [2.24, 2.45) is 0 Å². The maximum atomic E-state index is 11.7. The standard InChI is InChI=1S/C18H28N2O3/c1-4-5-6-7-15(3)19-17(21)12-23-13-18(22)20-16-10-8-14(2)9-11-16/h8-11,15H,4-7,12-13H2,1-3H3,(H,19,21)(H,20,22). The van der Waals surface area contributed by atoms with Gasteiger partial charge in [-0.2, -0.15) is 0 Å². The molecule has 0 aliphatic heterocycles. The number of benzene rings is 1. The number of amides is 2. The van der Waals surface area contributed by atoms with E-state index in [-0.39, 0.29) is 31.1 Å². The molecular formula is C18H28N2O3. The molecule has 1 atom stereocenters. The zero-order valence-corrected chi connectivity index (χ0v) is 14.4. The Bertz CT molecular complexity index is 486. The number of rotatable bonds is 10. The Kier molecular flexibility index (Phi) is 8.98. The van der Waals surface area contributed by atoms with Crippen molar-refractivity contribution in [3.05, 3.63) is 29.8 Å². The van der Waals surface area contributed by atoms with Crippen molar-refractivity contribution in [3.63, 3.8) is 0 Å². The van der Waals surface area contributed by atoms with Gasteiger partial charge in [0.05, 0.1) is 0 Å². The van der Waals surface area contributed by atoms with Crippen LogP contribution in [0.5, 0.6) is 0 Å². The summed E-state index contributed by atoms with van der Waals surface area (Å²) in [6.45, 7) is 5.89. The second-order valence-electron chi connectivity index (χ2n) is 5.87. The average molecular weight is 320 g/mol. The quantitative estimate of drug-likeness (QED) is 0.651. The van der Waals surface area contributed by atoms with Crippen LogP contribution >= 0.6 is 0 Å². The van der Waals surface area contributed by atoms with E-state index in [0.29, 0.717) is 0 Å². The Balaban J connectivity index is 2.16. The molecule has 0 saturated carbocycles. The first-order valence-electron chi connectivity index (χ1n) is 8.25. The van der Waals surface area contributed by atoms with Gasteiger partial charge >= 0.3 is 0 Å². The molecule has 0 radical (unpaired) electrons. The Hall–Kier alpha value is -1.88. The molecule has 2 N–H and O–H groups in total. The number of unbranched alkanes of at least 4 members (excludes halogenated alkanes) is 2. The van der Waals surface area contributed by atoms with Gasteiger partial charge in [0.15, 0.2) is 0 Å². The number of carbonyl (C=O) groups is 2. The summed E-state index contributed by atoms with van der Waals surface area (Å²) in [5, 5.41) is 5.60. The van der Waals surface area contributed by atoms with Crippen molar-refractivity contribution in [1.82, 2.24) is 5.32 Å². The summed E-state index contributed by atoms with van der Waals surface area (Å²) in [5.74, 6) is -0.449. The maximum absolute atomic E-state index is 11.7. The minimum absolute atomic E-state index is 0.0978. The molecule has 0 aliphatic carbocycles. The fraction of sp³-hybridized carbons (Fsp3) is 0.556. The molecule has 128 valence electrons. The number of hydrogen-bond donors (Lipinski definition) is 2. The molecule has 0 bridgehead atoms. The van der Waals surface area contributed by atoms with E-state index in [2.05, 4.69) is 17.6 Å². The minimum atomic E-state index is -0.266. The Morgan fingerprint density at radius 1 is 1.09 bits per heavy atom. The molecule has 5 heteroatoms. The maximum Gasteiger partial charge on any atom is 0.250 e. The van der Waals surface area contributed by atoms with Crippen molar-refractivity contribution < 1.29 is 14.3 Å². The third-order valence-corrected chi connectivity index (χ3v) is 3.45. The zero-order valence-electron chi connectivity index (χ0n) is 14.4. The van der Waals surface area contributed by atoms with Crippen molar-refractivity contribution in [1.29, 1.82) is 0 Å². The Morgan fingerprint density at radius 2 is 1.74 bits per heavy atom. The summed E-state index contributed by atoms with van der Waals surface area (Å²) < 4.78 is 5.16. The highest BCUT2D eigenvalue weighted by Gasteiger charge is 2.09. The van der Waals surface area contributed by atoms with E-state index in [0.717, 1.165) is 24.1 Å². The van der Waals surface area contributed by atoms with Gasteiger partial charge in [0.25, 0.3) is 0 Å². The first-order valence-corrected chi connectivity index (χ1v) is 8.25. The molecule has 5 nitrogen and oxygen atoms in total. The van der Waals surface area contributed by atoms with Gasteiger partial charge in [0, 0.05) is 11.7 Å². The van der Waals surface area contributed by atoms with Crippen LogP contribution in [0.4, 0.5) is 5.69 Å². The summed E-state index contributed by atoms with van der Waals surface area (Å²) in [6.07, 6.45) is 4.42. The molecule has 0 spiro atoms. The highest BCUT2D eigenvalue weighted by Crippen LogP contribution is 2.08. The lowest BCUT2D eigenvalue weighted by Gasteiger charge is -2.13. The minimum Gasteiger partial charge on any atom is -0.362 e. The van der Waals surface area contributed by atoms with Gasteiger partial charge in [-0.3, -0.25) is 9.59 Å². The summed E-state index contributed by atoms with van der Waals surface area (Å²) >= 11 is 0. The van der Waals surface area contributed by atoms with Crippen molar-refractivity contribution in [2.75, 3.05) is 18.5 Å². The van der Waals surface area contributed by atoms with E-state index in [1.165, 1.54) is 12.8 Å². The molecule has 0 heterocycles. The van der Waals surface area contributed by atoms with Gasteiger partial charge in [-0.25, -0.2) is 0 Å². The van der Waals surface area contributed by atoms with E-state index in [1.807, 2.05) is 38.1 Å². The predicted molar refractivity (Wildman–Crippen MR) is 92.4 cm³/mol. The van der Waals surface area contributed by atoms with Crippen LogP contribution in [0.3, 0.4) is 0 Å². The summed E-state index contributed by atoms with van der Waals surface area (Å²) in [4.78, 5) is 23.4. The van der Waals surface area contributed by atoms with Crippen molar-refractivity contribution >= 4 is 17.5 Å². The van der Waals surface area contributed by atoms with Crippen LogP contribution in [-0.2, 0) is 14.3 Å². The van der Waals surface area contributed by atoms with Gasteiger partial charge < -0.3 is 15.4 Å². The van der Waals surface area contributed by atoms with Crippen molar-refractivity contribution in [2.45, 2.75) is 52.5 Å². The molecule has 1 unspecified atom stereocenters. The molecule has 0 saturated heterocycles. The normalized spacial score (nSPS) is 11.8. The Morgan fingerprint density at radius 3 is 2.39 bits per heavy atom. The van der Waals surface area contributed by atoms with Crippen LogP contribution in [-0.4, -0.2) is 31.1 Å². The van der Waals surface area contributed by atoms with Crippen LogP contribution in [0.1, 0.15) is 45.1 Å². The molecule has 1 rings (SSSR count). The van der Waals surface area contributed by atoms with Crippen LogP contribution in [0.2, 0.25) is 0 Å². The summed E-state index contributed by atoms with van der Waals surface area (Å²) in [7, 11) is 0. The fourth-order valence-corrected chi connectivity index (χ4v) is 2.16. The SMILES string of the molecule is CCCCCC(C)NC(=O)COCC(=O)Nc1ccc(C)cc1. The fourth-order valence-electron chi connectivity index (χ4n) is 2.16. The summed E-state index contributed by atoms with van der Waals surface area (Å²) in [6, 6.07) is 7.64. The van der Waals surface area contributed by atoms with E-state index in [9.17, 15) is 9.59 Å². The van der Waals surface area contributed by atoms with Gasteiger partial charge in [-0.1, -0.05) is 43.9 Å². The van der Waals surface area contributed by atoms with E-state index >= 15 is 0 Å². The molecule has 23 heavy (non-hydrogen) atoms. The van der Waals surface area contributed by atoms with Gasteiger partial charge in [-0.15, -0.1) is 0 Å². The lowest BCUT2D eigenvalue weighted by molar-refractivity contribution is -0.129. The molecule has 0 aliphatic rings. The lowest BCUT2D eigenvalue weighted by atomic mass is 10.1. The molecule has 0 aromatic heterocycles. The lowest BCUT2D eigenvalue weighted by Crippen LogP contribution is -2.36. The first kappa shape index (κ1) is 19.2. The molecular weight excluding hydrogens is 292 g/mol. The van der Waals surface area contributed by atoms with Gasteiger partial charge in [0.1, 0.15) is 13.2 Å². The van der Waals surface area contributed by atoms with Crippen LogP contribution in [0.25, 0.3) is 0 Å². The molecule has 1 aromatic rings. The smallest absolute Gasteiger partial charge is 0.250 e. The van der Waals surface area contributed by atoms with Crippen LogP contribution in [0, 0.1) is 6.92 Å². The topological polar surface area (TPSA) is 67.4 Å². The summed E-state index contributed by atoms with van der Waals surface area (Å²) in [5.41, 5.74) is 1.85. The van der Waals surface area contributed by atoms with E-state index in [4.69, 9.17) is 4.74 Å². The van der Waals surface area contributed by atoms with Crippen LogP contribution in [0.15, 0.2) is 24.3 Å². The first-order chi connectivity index (χ1) is 11.0. The molecule has 2 amide bonds. The number of carbonyl (C=O) groups excluding carboxylic acids is 2. The molecule has 0 fully saturated rings. The van der Waals surface area contributed by atoms with Crippen molar-refractivity contribution in [3.8, 4) is 0 Å². The second-order valence-corrected chi connectivity index (χ2v) is 5.87. The Labute approximate surface area is 138 Å². The van der Waals surface area contributed by atoms with E-state index < -0.39 is 0 Å². The zero-order chi connectivity index (χ0) is 17.1. The number of hydrogen-bond acceptors (Lipinski definition) is 3. The highest BCUT2D eigenvalue weighted by atomic mass is 16.5. The predicted octanol–water partition coefficient (Wildman–Crippen LogP) is 3.04. The van der Waals surface area contributed by atoms with Gasteiger partial charge in [0.2, 0.25) is 11.8 Å². The van der Waals surface area contributed by atoms with Crippen LogP contribution < -0.4 is 10.6 Å². The number of anilines is 1. The largest absolute Gasteiger partial charge is 0.362 e. The number of ether oxygens (including phenoxy) is 1. The number of aryl methyl sites for hydroxylation is 1. The highest BCUT2D eigenvalue weighted by molar-refractivity contribution is 5.91. The van der Waals surface area contributed by atoms with Gasteiger partial charge in [-0.05, 0) is 32.4 Å². The molecule has 1 aromatic carbocycles. The second kappa shape index (κ2) is 10.8. The monoisotopic (exact) mass is 320 g/mol. The third kappa shape index (κ3) is 8.98. The average Bonchev–Trinajstić information content (AvgIpc) is 2.50. The third-order valence-electron chi connectivity index (χ3n) is 3.45.